The third-order valence-corrected chi connectivity index (χ3v) is 3.07. The van der Waals surface area contributed by atoms with Gasteiger partial charge in [-0.2, -0.15) is 5.10 Å². The maximum atomic E-state index is 5.04. The molecule has 1 heterocycles. The number of methoxy groups -OCH3 is 1. The van der Waals surface area contributed by atoms with Crippen molar-refractivity contribution >= 4 is 6.08 Å². The molecule has 1 aromatic heterocycles. The average molecular weight is 265 g/mol. The Morgan fingerprint density at radius 2 is 2.32 bits per heavy atom. The normalized spacial score (nSPS) is 12.4. The van der Waals surface area contributed by atoms with Gasteiger partial charge in [-0.3, -0.25) is 4.68 Å². The van der Waals surface area contributed by atoms with Crippen molar-refractivity contribution in [1.82, 2.24) is 15.1 Å². The molecule has 0 fully saturated rings. The molecule has 0 saturated heterocycles. The van der Waals surface area contributed by atoms with E-state index in [-0.39, 0.29) is 0 Å². The fourth-order valence-electron chi connectivity index (χ4n) is 1.88. The molecule has 4 heteroatoms. The predicted molar refractivity (Wildman–Crippen MR) is 80.1 cm³/mol. The molecule has 0 spiro atoms. The fraction of sp³-hybridized carbons (Fsp3) is 0.667. The van der Waals surface area contributed by atoms with Gasteiger partial charge >= 0.3 is 0 Å². The highest BCUT2D eigenvalue weighted by Crippen LogP contribution is 2.14. The first-order chi connectivity index (χ1) is 9.19. The molecule has 0 aliphatic carbocycles. The van der Waals surface area contributed by atoms with Crippen molar-refractivity contribution in [3.05, 3.63) is 23.5 Å². The Hall–Kier alpha value is -1.13. The molecule has 1 aromatic rings. The van der Waals surface area contributed by atoms with Gasteiger partial charge in [0.15, 0.2) is 0 Å². The van der Waals surface area contributed by atoms with E-state index < -0.39 is 0 Å². The van der Waals surface area contributed by atoms with E-state index in [2.05, 4.69) is 48.0 Å². The van der Waals surface area contributed by atoms with Crippen LogP contribution in [0.4, 0.5) is 0 Å². The molecule has 1 N–H and O–H groups in total. The van der Waals surface area contributed by atoms with E-state index >= 15 is 0 Å². The molecule has 0 amide bonds. The lowest BCUT2D eigenvalue weighted by molar-refractivity contribution is 0.200. The van der Waals surface area contributed by atoms with Crippen LogP contribution in [0.25, 0.3) is 6.08 Å². The smallest absolute Gasteiger partial charge is 0.0609 e. The van der Waals surface area contributed by atoms with Crippen LogP contribution in [-0.2, 0) is 11.3 Å². The Kier molecular flexibility index (Phi) is 7.45. The quantitative estimate of drug-likeness (QED) is 0.698. The summed E-state index contributed by atoms with van der Waals surface area (Å²) in [6.07, 6.45) is 5.23. The Morgan fingerprint density at radius 3 is 2.95 bits per heavy atom. The first kappa shape index (κ1) is 15.9. The van der Waals surface area contributed by atoms with Crippen LogP contribution in [0.3, 0.4) is 0 Å². The van der Waals surface area contributed by atoms with Gasteiger partial charge in [-0.15, -0.1) is 0 Å². The molecule has 0 aliphatic heterocycles. The van der Waals surface area contributed by atoms with Gasteiger partial charge < -0.3 is 10.1 Å². The molecule has 0 aliphatic rings. The van der Waals surface area contributed by atoms with Crippen LogP contribution in [0.1, 0.15) is 32.9 Å². The lowest BCUT2D eigenvalue weighted by atomic mass is 10.0. The second-order valence-electron chi connectivity index (χ2n) is 5.02. The maximum Gasteiger partial charge on any atom is 0.0609 e. The van der Waals surface area contributed by atoms with Crippen molar-refractivity contribution in [2.24, 2.45) is 5.92 Å². The summed E-state index contributed by atoms with van der Waals surface area (Å²) in [5.41, 5.74) is 2.59. The maximum absolute atomic E-state index is 5.04. The third-order valence-electron chi connectivity index (χ3n) is 3.07. The van der Waals surface area contributed by atoms with E-state index in [0.29, 0.717) is 5.92 Å². The Bertz CT molecular complexity index is 382. The number of aryl methyl sites for hydroxylation is 1. The fourth-order valence-corrected chi connectivity index (χ4v) is 1.88. The molecule has 0 aromatic carbocycles. The monoisotopic (exact) mass is 265 g/mol. The van der Waals surface area contributed by atoms with Crippen LogP contribution in [0, 0.1) is 5.92 Å². The van der Waals surface area contributed by atoms with E-state index in [1.165, 1.54) is 11.3 Å². The zero-order valence-electron chi connectivity index (χ0n) is 12.6. The summed E-state index contributed by atoms with van der Waals surface area (Å²) in [5, 5.41) is 7.77. The summed E-state index contributed by atoms with van der Waals surface area (Å²) in [7, 11) is 1.73. The number of hydrogen-bond acceptors (Lipinski definition) is 3. The Balaban J connectivity index is 2.68. The van der Waals surface area contributed by atoms with Crippen molar-refractivity contribution in [1.29, 1.82) is 0 Å². The zero-order chi connectivity index (χ0) is 14.1. The number of aromatic nitrogens is 2. The van der Waals surface area contributed by atoms with Crippen LogP contribution in [-0.4, -0.2) is 36.6 Å². The second-order valence-corrected chi connectivity index (χ2v) is 5.02. The van der Waals surface area contributed by atoms with Gasteiger partial charge in [0.25, 0.3) is 0 Å². The third kappa shape index (κ3) is 5.57. The summed E-state index contributed by atoms with van der Waals surface area (Å²) in [5.74, 6) is 0.528. The molecule has 0 saturated carbocycles. The van der Waals surface area contributed by atoms with E-state index in [1.54, 1.807) is 7.11 Å². The second kappa shape index (κ2) is 8.88. The van der Waals surface area contributed by atoms with E-state index in [9.17, 15) is 0 Å². The summed E-state index contributed by atoms with van der Waals surface area (Å²) < 4.78 is 7.11. The van der Waals surface area contributed by atoms with Gasteiger partial charge in [0.2, 0.25) is 0 Å². The minimum Gasteiger partial charge on any atom is -0.383 e. The predicted octanol–water partition coefficient (Wildman–Crippen LogP) is 2.57. The van der Waals surface area contributed by atoms with Crippen LogP contribution in [0.2, 0.25) is 0 Å². The summed E-state index contributed by atoms with van der Waals surface area (Å²) in [6.45, 7) is 10.1. The molecule has 1 rings (SSSR count). The summed E-state index contributed by atoms with van der Waals surface area (Å²) >= 11 is 0. The van der Waals surface area contributed by atoms with E-state index in [0.717, 1.165) is 32.7 Å². The van der Waals surface area contributed by atoms with Crippen molar-refractivity contribution in [3.63, 3.8) is 0 Å². The average Bonchev–Trinajstić information content (AvgIpc) is 2.81. The highest BCUT2D eigenvalue weighted by molar-refractivity contribution is 5.50. The SMILES string of the molecule is CCCn1nccc1/C=C(/CNCCOC)C(C)C. The minimum atomic E-state index is 0.528. The van der Waals surface area contributed by atoms with Gasteiger partial charge in [-0.25, -0.2) is 0 Å². The minimum absolute atomic E-state index is 0.528. The number of ether oxygens (including phenoxy) is 1. The number of rotatable bonds is 9. The Morgan fingerprint density at radius 1 is 1.53 bits per heavy atom. The van der Waals surface area contributed by atoms with Gasteiger partial charge in [0.1, 0.15) is 0 Å². The van der Waals surface area contributed by atoms with E-state index in [4.69, 9.17) is 4.74 Å². The van der Waals surface area contributed by atoms with Gasteiger partial charge in [0.05, 0.1) is 12.3 Å². The first-order valence-electron chi connectivity index (χ1n) is 7.11. The first-order valence-corrected chi connectivity index (χ1v) is 7.11. The van der Waals surface area contributed by atoms with Gasteiger partial charge in [-0.05, 0) is 24.5 Å². The van der Waals surface area contributed by atoms with Crippen molar-refractivity contribution in [3.8, 4) is 0 Å². The molecule has 19 heavy (non-hydrogen) atoms. The largest absolute Gasteiger partial charge is 0.383 e. The van der Waals surface area contributed by atoms with Crippen LogP contribution >= 0.6 is 0 Å². The number of nitrogens with one attached hydrogen (secondary N) is 1. The molecule has 0 atom stereocenters. The molecule has 108 valence electrons. The van der Waals surface area contributed by atoms with Crippen molar-refractivity contribution in [2.45, 2.75) is 33.7 Å². The summed E-state index contributed by atoms with van der Waals surface area (Å²) in [4.78, 5) is 0. The number of nitrogens with zero attached hydrogens (tertiary/aromatic N) is 2. The molecule has 0 bridgehead atoms. The topological polar surface area (TPSA) is 39.1 Å². The van der Waals surface area contributed by atoms with Crippen LogP contribution < -0.4 is 5.32 Å². The molecule has 4 nitrogen and oxygen atoms in total. The van der Waals surface area contributed by atoms with Crippen molar-refractivity contribution in [2.75, 3.05) is 26.8 Å². The zero-order valence-corrected chi connectivity index (χ0v) is 12.6. The van der Waals surface area contributed by atoms with Crippen molar-refractivity contribution < 1.29 is 4.74 Å². The Labute approximate surface area is 116 Å². The highest BCUT2D eigenvalue weighted by Gasteiger charge is 2.06. The lowest BCUT2D eigenvalue weighted by Gasteiger charge is -2.13. The van der Waals surface area contributed by atoms with Crippen LogP contribution in [0.5, 0.6) is 0 Å². The summed E-state index contributed by atoms with van der Waals surface area (Å²) in [6, 6.07) is 2.08. The molecule has 0 unspecified atom stereocenters. The molecule has 0 radical (unpaired) electrons. The lowest BCUT2D eigenvalue weighted by Crippen LogP contribution is -2.23. The number of hydrogen-bond donors (Lipinski definition) is 1. The van der Waals surface area contributed by atoms with Gasteiger partial charge in [-0.1, -0.05) is 26.3 Å². The van der Waals surface area contributed by atoms with Gasteiger partial charge in [0, 0.05) is 32.9 Å². The van der Waals surface area contributed by atoms with E-state index in [1.807, 2.05) is 6.20 Å². The van der Waals surface area contributed by atoms with Crippen LogP contribution in [0.15, 0.2) is 17.8 Å². The highest BCUT2D eigenvalue weighted by atomic mass is 16.5. The standard InChI is InChI=1S/C15H27N3O/c1-5-9-18-15(6-7-17-18)11-14(13(2)3)12-16-8-10-19-4/h6-7,11,13,16H,5,8-10,12H2,1-4H3/b14-11-. The molecular weight excluding hydrogens is 238 g/mol. The molecular formula is C15H27N3O.